The number of nitrogens with zero attached hydrogens (tertiary/aromatic N) is 2. The van der Waals surface area contributed by atoms with Gasteiger partial charge in [-0.2, -0.15) is 17.0 Å². The Morgan fingerprint density at radius 3 is 3.13 bits per heavy atom. The molecule has 0 radical (unpaired) electrons. The van der Waals surface area contributed by atoms with Gasteiger partial charge in [0.1, 0.15) is 11.8 Å². The molecule has 1 aromatic rings. The zero-order valence-corrected chi connectivity index (χ0v) is 9.84. The normalized spacial score (nSPS) is 11.8. The Morgan fingerprint density at radius 1 is 1.67 bits per heavy atom. The topological polar surface area (TPSA) is 48.7 Å². The molecule has 0 aliphatic heterocycles. The van der Waals surface area contributed by atoms with Crippen LogP contribution in [0.4, 0.5) is 5.69 Å². The molecule has 0 fully saturated rings. The summed E-state index contributed by atoms with van der Waals surface area (Å²) in [5.74, 6) is 0. The van der Waals surface area contributed by atoms with Crippen molar-refractivity contribution in [2.24, 2.45) is 0 Å². The third-order valence-corrected chi connectivity index (χ3v) is 3.20. The second-order valence-corrected chi connectivity index (χ2v) is 4.58. The van der Waals surface area contributed by atoms with Gasteiger partial charge in [0.25, 0.3) is 0 Å². The van der Waals surface area contributed by atoms with Gasteiger partial charge in [0, 0.05) is 23.7 Å². The van der Waals surface area contributed by atoms with Crippen molar-refractivity contribution in [2.75, 3.05) is 18.1 Å². The summed E-state index contributed by atoms with van der Waals surface area (Å²) in [5.41, 5.74) is 1.42. The number of nitriles is 1. The lowest BCUT2D eigenvalue weighted by Crippen LogP contribution is -2.07. The van der Waals surface area contributed by atoms with Gasteiger partial charge in [-0.15, -0.1) is 0 Å². The summed E-state index contributed by atoms with van der Waals surface area (Å²) in [4.78, 5) is 3.91. The van der Waals surface area contributed by atoms with Crippen LogP contribution in [0.1, 0.15) is 19.0 Å². The van der Waals surface area contributed by atoms with Crippen LogP contribution in [0.2, 0.25) is 0 Å². The molecule has 0 aliphatic rings. The van der Waals surface area contributed by atoms with Crippen molar-refractivity contribution in [1.82, 2.24) is 4.98 Å². The van der Waals surface area contributed by atoms with E-state index in [1.54, 1.807) is 12.3 Å². The number of pyridine rings is 1. The molecule has 1 unspecified atom stereocenters. The summed E-state index contributed by atoms with van der Waals surface area (Å²) in [6.07, 6.45) is 4.88. The van der Waals surface area contributed by atoms with Crippen LogP contribution in [-0.2, 0) is 0 Å². The Bertz CT molecular complexity index is 346. The van der Waals surface area contributed by atoms with Crippen molar-refractivity contribution < 1.29 is 0 Å². The summed E-state index contributed by atoms with van der Waals surface area (Å²) in [6.45, 7) is 3.14. The molecule has 1 atom stereocenters. The Morgan fingerprint density at radius 2 is 2.47 bits per heavy atom. The molecule has 0 amide bonds. The van der Waals surface area contributed by atoms with E-state index in [0.717, 1.165) is 18.7 Å². The lowest BCUT2D eigenvalue weighted by Gasteiger charge is -2.09. The van der Waals surface area contributed by atoms with Crippen LogP contribution >= 0.6 is 11.8 Å². The number of rotatable bonds is 5. The number of hydrogen-bond donors (Lipinski definition) is 1. The second-order valence-electron chi connectivity index (χ2n) is 3.30. The van der Waals surface area contributed by atoms with E-state index in [0.29, 0.717) is 10.9 Å². The number of hydrogen-bond acceptors (Lipinski definition) is 4. The standard InChI is InChI=1S/C11H15N3S/c1-9(15-2)3-5-13-10-4-6-14-11(7-10)8-12/h4,6-7,9H,3,5H2,1-2H3,(H,13,14). The van der Waals surface area contributed by atoms with Crippen molar-refractivity contribution in [1.29, 1.82) is 5.26 Å². The molecule has 1 aromatic heterocycles. The first kappa shape index (κ1) is 11.9. The molecule has 0 aromatic carbocycles. The molecular weight excluding hydrogens is 206 g/mol. The van der Waals surface area contributed by atoms with Crippen molar-refractivity contribution >= 4 is 17.4 Å². The lowest BCUT2D eigenvalue weighted by atomic mass is 10.3. The second kappa shape index (κ2) is 6.31. The Balaban J connectivity index is 2.41. The van der Waals surface area contributed by atoms with Crippen molar-refractivity contribution in [3.8, 4) is 6.07 Å². The molecule has 15 heavy (non-hydrogen) atoms. The molecular formula is C11H15N3S. The van der Waals surface area contributed by atoms with Crippen LogP contribution in [0.3, 0.4) is 0 Å². The lowest BCUT2D eigenvalue weighted by molar-refractivity contribution is 0.853. The zero-order valence-electron chi connectivity index (χ0n) is 9.03. The van der Waals surface area contributed by atoms with Gasteiger partial charge in [-0.05, 0) is 24.8 Å². The monoisotopic (exact) mass is 221 g/mol. The van der Waals surface area contributed by atoms with E-state index in [2.05, 4.69) is 23.5 Å². The zero-order chi connectivity index (χ0) is 11.1. The fourth-order valence-electron chi connectivity index (χ4n) is 1.14. The quantitative estimate of drug-likeness (QED) is 0.830. The minimum absolute atomic E-state index is 0.456. The van der Waals surface area contributed by atoms with E-state index in [4.69, 9.17) is 5.26 Å². The summed E-state index contributed by atoms with van der Waals surface area (Å²) in [6, 6.07) is 5.67. The molecule has 1 N–H and O–H groups in total. The Labute approximate surface area is 94.9 Å². The third kappa shape index (κ3) is 4.22. The molecule has 1 rings (SSSR count). The molecule has 1 heterocycles. The predicted octanol–water partition coefficient (Wildman–Crippen LogP) is 2.51. The van der Waals surface area contributed by atoms with Gasteiger partial charge in [-0.1, -0.05) is 6.92 Å². The van der Waals surface area contributed by atoms with Gasteiger partial charge in [-0.25, -0.2) is 4.98 Å². The van der Waals surface area contributed by atoms with Crippen molar-refractivity contribution in [3.63, 3.8) is 0 Å². The summed E-state index contributed by atoms with van der Waals surface area (Å²) < 4.78 is 0. The highest BCUT2D eigenvalue weighted by Gasteiger charge is 1.99. The third-order valence-electron chi connectivity index (χ3n) is 2.16. The van der Waals surface area contributed by atoms with E-state index in [1.165, 1.54) is 0 Å². The molecule has 3 nitrogen and oxygen atoms in total. The number of thioether (sulfide) groups is 1. The smallest absolute Gasteiger partial charge is 0.142 e. The first-order valence-corrected chi connectivity index (χ1v) is 6.18. The Hall–Kier alpha value is -1.21. The van der Waals surface area contributed by atoms with Crippen LogP contribution in [0, 0.1) is 11.3 Å². The molecule has 0 bridgehead atoms. The average molecular weight is 221 g/mol. The molecule has 0 aliphatic carbocycles. The van der Waals surface area contributed by atoms with Crippen LogP contribution in [-0.4, -0.2) is 23.0 Å². The van der Waals surface area contributed by atoms with Gasteiger partial charge in [0.05, 0.1) is 0 Å². The molecule has 0 saturated heterocycles. The van der Waals surface area contributed by atoms with Gasteiger partial charge in [0.2, 0.25) is 0 Å². The summed E-state index contributed by atoms with van der Waals surface area (Å²) in [5, 5.41) is 12.6. The molecule has 0 spiro atoms. The number of anilines is 1. The average Bonchev–Trinajstić information content (AvgIpc) is 2.29. The van der Waals surface area contributed by atoms with E-state index >= 15 is 0 Å². The van der Waals surface area contributed by atoms with E-state index in [9.17, 15) is 0 Å². The summed E-state index contributed by atoms with van der Waals surface area (Å²) >= 11 is 1.86. The van der Waals surface area contributed by atoms with Gasteiger partial charge in [0.15, 0.2) is 0 Å². The van der Waals surface area contributed by atoms with Crippen LogP contribution in [0.5, 0.6) is 0 Å². The maximum Gasteiger partial charge on any atom is 0.142 e. The van der Waals surface area contributed by atoms with E-state index < -0.39 is 0 Å². The highest BCUT2D eigenvalue weighted by molar-refractivity contribution is 7.99. The Kier molecular flexibility index (Phi) is 4.99. The maximum atomic E-state index is 8.67. The van der Waals surface area contributed by atoms with E-state index in [-0.39, 0.29) is 0 Å². The first-order chi connectivity index (χ1) is 7.26. The van der Waals surface area contributed by atoms with Crippen molar-refractivity contribution in [2.45, 2.75) is 18.6 Å². The highest BCUT2D eigenvalue weighted by atomic mass is 32.2. The number of aromatic nitrogens is 1. The SMILES string of the molecule is CSC(C)CCNc1ccnc(C#N)c1. The summed E-state index contributed by atoms with van der Waals surface area (Å²) in [7, 11) is 0. The highest BCUT2D eigenvalue weighted by Crippen LogP contribution is 2.11. The first-order valence-electron chi connectivity index (χ1n) is 4.89. The fourth-order valence-corrected chi connectivity index (χ4v) is 1.49. The van der Waals surface area contributed by atoms with Crippen LogP contribution in [0.15, 0.2) is 18.3 Å². The molecule has 0 saturated carbocycles. The van der Waals surface area contributed by atoms with Gasteiger partial charge < -0.3 is 5.32 Å². The van der Waals surface area contributed by atoms with Gasteiger partial charge in [-0.3, -0.25) is 0 Å². The fraction of sp³-hybridized carbons (Fsp3) is 0.455. The molecule has 80 valence electrons. The maximum absolute atomic E-state index is 8.67. The van der Waals surface area contributed by atoms with Crippen LogP contribution < -0.4 is 5.32 Å². The minimum Gasteiger partial charge on any atom is -0.385 e. The molecule has 4 heteroatoms. The van der Waals surface area contributed by atoms with Crippen molar-refractivity contribution in [3.05, 3.63) is 24.0 Å². The van der Waals surface area contributed by atoms with E-state index in [1.807, 2.05) is 23.9 Å². The largest absolute Gasteiger partial charge is 0.385 e. The predicted molar refractivity (Wildman–Crippen MR) is 65.0 cm³/mol. The van der Waals surface area contributed by atoms with Crippen LogP contribution in [0.25, 0.3) is 0 Å². The minimum atomic E-state index is 0.456. The number of nitrogens with one attached hydrogen (secondary N) is 1. The van der Waals surface area contributed by atoms with Gasteiger partial charge >= 0.3 is 0 Å².